The fourth-order valence-corrected chi connectivity index (χ4v) is 4.28. The van der Waals surface area contributed by atoms with Crippen molar-refractivity contribution in [1.82, 2.24) is 4.90 Å². The van der Waals surface area contributed by atoms with E-state index in [0.29, 0.717) is 36.2 Å². The van der Waals surface area contributed by atoms with Gasteiger partial charge < -0.3 is 20.1 Å². The minimum Gasteiger partial charge on any atom is -0.530 e. The Morgan fingerprint density at radius 3 is 2.50 bits per heavy atom. The lowest BCUT2D eigenvalue weighted by Gasteiger charge is -2.47. The maximum absolute atomic E-state index is 14.0. The number of hydrogen-bond donors (Lipinski definition) is 1. The average Bonchev–Trinajstić information content (AvgIpc) is 2.69. The van der Waals surface area contributed by atoms with Gasteiger partial charge in [0.1, 0.15) is 11.9 Å². The first-order valence-electron chi connectivity index (χ1n) is 10.5. The molecule has 2 atom stereocenters. The van der Waals surface area contributed by atoms with E-state index in [1.165, 1.54) is 23.1 Å². The molecule has 1 aliphatic heterocycles. The van der Waals surface area contributed by atoms with E-state index in [1.807, 2.05) is 20.8 Å². The Kier molecular flexibility index (Phi) is 6.72. The molecule has 2 aromatic carbocycles. The molecule has 0 bridgehead atoms. The van der Waals surface area contributed by atoms with Crippen LogP contribution < -0.4 is 10.4 Å². The Hall–Kier alpha value is -2.77. The molecule has 1 heterocycles. The van der Waals surface area contributed by atoms with Crippen LogP contribution in [0.4, 0.5) is 28.0 Å². The van der Waals surface area contributed by atoms with Crippen LogP contribution in [0.15, 0.2) is 42.5 Å². The van der Waals surface area contributed by atoms with Crippen molar-refractivity contribution in [3.05, 3.63) is 65.0 Å². The summed E-state index contributed by atoms with van der Waals surface area (Å²) in [5, 5.41) is 14.9. The summed E-state index contributed by atoms with van der Waals surface area (Å²) < 4.78 is 53.1. The highest BCUT2D eigenvalue weighted by Gasteiger charge is 2.36. The van der Waals surface area contributed by atoms with Gasteiger partial charge in [-0.1, -0.05) is 39.0 Å². The van der Waals surface area contributed by atoms with E-state index >= 15 is 0 Å². The maximum atomic E-state index is 14.0. The molecule has 32 heavy (non-hydrogen) atoms. The van der Waals surface area contributed by atoms with Crippen LogP contribution in [0.5, 0.6) is 0 Å². The lowest BCUT2D eigenvalue weighted by atomic mass is 9.79. The van der Waals surface area contributed by atoms with Crippen molar-refractivity contribution in [2.45, 2.75) is 58.3 Å². The lowest BCUT2D eigenvalue weighted by molar-refractivity contribution is -0.271. The number of hydrogen-bond acceptors (Lipinski definition) is 3. The standard InChI is InChI=1S/C24H28F4N2O2/c1-23(2,3)21-14-19(9-10-30(21)22(31)32)29-20-8-7-18(25)13-16(20)11-15-5-4-6-17(12-15)24(26,27)28/h4-8,12-13,19,21,29H,9-11,14H2,1-3H3,(H,31,32)/p-1. The molecule has 1 N–H and O–H groups in total. The number of anilines is 1. The number of carboxylic acid groups (broad SMARTS) is 1. The largest absolute Gasteiger partial charge is 0.530 e. The molecule has 2 aromatic rings. The van der Waals surface area contributed by atoms with Crippen LogP contribution in [-0.4, -0.2) is 29.6 Å². The first-order chi connectivity index (χ1) is 14.8. The van der Waals surface area contributed by atoms with E-state index < -0.39 is 23.7 Å². The predicted octanol–water partition coefficient (Wildman–Crippen LogP) is 5.07. The number of nitrogens with one attached hydrogen (secondary N) is 1. The third-order valence-corrected chi connectivity index (χ3v) is 5.91. The summed E-state index contributed by atoms with van der Waals surface area (Å²) in [5.41, 5.74) is 0.545. The normalized spacial score (nSPS) is 19.7. The van der Waals surface area contributed by atoms with E-state index in [9.17, 15) is 27.5 Å². The van der Waals surface area contributed by atoms with Crippen molar-refractivity contribution in [1.29, 1.82) is 0 Å². The molecule has 1 fully saturated rings. The minimum absolute atomic E-state index is 0.0689. The number of benzene rings is 2. The molecule has 2 unspecified atom stereocenters. The van der Waals surface area contributed by atoms with Gasteiger partial charge in [0.2, 0.25) is 0 Å². The van der Waals surface area contributed by atoms with Crippen LogP contribution in [0.2, 0.25) is 0 Å². The number of piperidine rings is 1. The second-order valence-corrected chi connectivity index (χ2v) is 9.38. The van der Waals surface area contributed by atoms with E-state index in [2.05, 4.69) is 5.32 Å². The molecule has 1 amide bonds. The van der Waals surface area contributed by atoms with E-state index in [1.54, 1.807) is 12.1 Å². The first-order valence-corrected chi connectivity index (χ1v) is 10.5. The van der Waals surface area contributed by atoms with Gasteiger partial charge in [0.25, 0.3) is 0 Å². The molecular weight excluding hydrogens is 424 g/mol. The molecule has 0 aliphatic carbocycles. The maximum Gasteiger partial charge on any atom is 0.416 e. The van der Waals surface area contributed by atoms with Crippen molar-refractivity contribution in [3.8, 4) is 0 Å². The number of rotatable bonds is 4. The summed E-state index contributed by atoms with van der Waals surface area (Å²) in [5.74, 6) is -0.475. The van der Waals surface area contributed by atoms with Gasteiger partial charge in [-0.2, -0.15) is 13.2 Å². The zero-order valence-corrected chi connectivity index (χ0v) is 18.3. The SMILES string of the molecule is CC(C)(C)C1CC(Nc2ccc(F)cc2Cc2cccc(C(F)(F)F)c2)CCN1C(=O)[O-]. The van der Waals surface area contributed by atoms with Crippen LogP contribution in [0.25, 0.3) is 0 Å². The number of likely N-dealkylation sites (tertiary alicyclic amines) is 1. The summed E-state index contributed by atoms with van der Waals surface area (Å²) >= 11 is 0. The Labute approximate surface area is 185 Å². The van der Waals surface area contributed by atoms with Gasteiger partial charge in [-0.15, -0.1) is 0 Å². The predicted molar refractivity (Wildman–Crippen MR) is 113 cm³/mol. The third-order valence-electron chi connectivity index (χ3n) is 5.91. The van der Waals surface area contributed by atoms with Crippen LogP contribution in [0.1, 0.15) is 50.3 Å². The number of halogens is 4. The summed E-state index contributed by atoms with van der Waals surface area (Å²) in [6.45, 7) is 6.21. The molecule has 0 saturated carbocycles. The highest BCUT2D eigenvalue weighted by Crippen LogP contribution is 2.34. The zero-order chi connectivity index (χ0) is 23.7. The highest BCUT2D eigenvalue weighted by molar-refractivity contribution is 5.63. The second kappa shape index (κ2) is 9.00. The van der Waals surface area contributed by atoms with Crippen LogP contribution in [0.3, 0.4) is 0 Å². The number of carbonyl (C=O) groups is 1. The minimum atomic E-state index is -4.45. The topological polar surface area (TPSA) is 55.4 Å². The zero-order valence-electron chi connectivity index (χ0n) is 18.3. The summed E-state index contributed by atoms with van der Waals surface area (Å²) in [4.78, 5) is 12.9. The molecule has 0 radical (unpaired) electrons. The number of amides is 1. The quantitative estimate of drug-likeness (QED) is 0.661. The fraction of sp³-hybridized carbons (Fsp3) is 0.458. The smallest absolute Gasteiger partial charge is 0.416 e. The first kappa shape index (κ1) is 23.9. The average molecular weight is 451 g/mol. The highest BCUT2D eigenvalue weighted by atomic mass is 19.4. The Morgan fingerprint density at radius 2 is 1.88 bits per heavy atom. The van der Waals surface area contributed by atoms with Crippen molar-refractivity contribution < 1.29 is 27.5 Å². The van der Waals surface area contributed by atoms with Gasteiger partial charge in [0.05, 0.1) is 5.56 Å². The Bertz CT molecular complexity index is 969. The molecule has 4 nitrogen and oxygen atoms in total. The monoisotopic (exact) mass is 451 g/mol. The van der Waals surface area contributed by atoms with Crippen molar-refractivity contribution in [2.75, 3.05) is 11.9 Å². The molecule has 174 valence electrons. The van der Waals surface area contributed by atoms with Crippen LogP contribution in [0, 0.1) is 11.2 Å². The van der Waals surface area contributed by atoms with Crippen LogP contribution >= 0.6 is 0 Å². The van der Waals surface area contributed by atoms with Gasteiger partial charge in [-0.3, -0.25) is 0 Å². The number of alkyl halides is 3. The van der Waals surface area contributed by atoms with Gasteiger partial charge >= 0.3 is 6.18 Å². The molecule has 1 aliphatic rings. The molecule has 3 rings (SSSR count). The van der Waals surface area contributed by atoms with Gasteiger partial charge in [0.15, 0.2) is 0 Å². The Balaban J connectivity index is 1.82. The van der Waals surface area contributed by atoms with E-state index in [-0.39, 0.29) is 23.9 Å². The summed E-state index contributed by atoms with van der Waals surface area (Å²) in [6.07, 6.45) is -4.44. The molecule has 1 saturated heterocycles. The molecule has 0 spiro atoms. The molecule has 0 aromatic heterocycles. The Morgan fingerprint density at radius 1 is 1.16 bits per heavy atom. The summed E-state index contributed by atoms with van der Waals surface area (Å²) in [6, 6.07) is 8.87. The molecular formula is C24H27F4N2O2-. The van der Waals surface area contributed by atoms with Crippen molar-refractivity contribution in [2.24, 2.45) is 5.41 Å². The van der Waals surface area contributed by atoms with Gasteiger partial charge in [-0.05, 0) is 60.1 Å². The van der Waals surface area contributed by atoms with E-state index in [0.717, 1.165) is 12.1 Å². The second-order valence-electron chi connectivity index (χ2n) is 9.38. The number of nitrogens with zero attached hydrogens (tertiary/aromatic N) is 1. The van der Waals surface area contributed by atoms with Crippen molar-refractivity contribution in [3.63, 3.8) is 0 Å². The lowest BCUT2D eigenvalue weighted by Crippen LogP contribution is -2.57. The van der Waals surface area contributed by atoms with Gasteiger partial charge in [0, 0.05) is 24.3 Å². The van der Waals surface area contributed by atoms with E-state index in [4.69, 9.17) is 0 Å². The third kappa shape index (κ3) is 5.72. The fourth-order valence-electron chi connectivity index (χ4n) is 4.28. The summed E-state index contributed by atoms with van der Waals surface area (Å²) in [7, 11) is 0. The van der Waals surface area contributed by atoms with Gasteiger partial charge in [-0.25, -0.2) is 4.39 Å². The van der Waals surface area contributed by atoms with Crippen LogP contribution in [-0.2, 0) is 12.6 Å². The van der Waals surface area contributed by atoms with Crippen molar-refractivity contribution >= 4 is 11.8 Å². The molecule has 8 heteroatoms. The number of carbonyl (C=O) groups excluding carboxylic acids is 1.